The molecule has 196 valence electrons. The Kier molecular flexibility index (Phi) is 5.49. The molecule has 2 saturated heterocycles. The Labute approximate surface area is 212 Å². The molecule has 1 aromatic carbocycles. The highest BCUT2D eigenvalue weighted by molar-refractivity contribution is 7.19. The number of thiophene rings is 1. The zero-order valence-corrected chi connectivity index (χ0v) is 20.8. The van der Waals surface area contributed by atoms with Gasteiger partial charge in [0, 0.05) is 11.8 Å². The van der Waals surface area contributed by atoms with Gasteiger partial charge in [0.05, 0.1) is 11.5 Å². The van der Waals surface area contributed by atoms with E-state index < -0.39 is 48.7 Å². The molecule has 10 heteroatoms. The van der Waals surface area contributed by atoms with Crippen LogP contribution in [0, 0.1) is 23.7 Å². The lowest BCUT2D eigenvalue weighted by Gasteiger charge is -2.68. The van der Waals surface area contributed by atoms with E-state index in [-0.39, 0.29) is 0 Å². The van der Waals surface area contributed by atoms with Crippen LogP contribution in [-0.4, -0.2) is 70.4 Å². The maximum absolute atomic E-state index is 10.3. The Bertz CT molecular complexity index is 1120. The summed E-state index contributed by atoms with van der Waals surface area (Å²) in [5.41, 5.74) is -0.453. The number of hydrogen-bond donors (Lipinski definition) is 4. The third-order valence-corrected chi connectivity index (χ3v) is 10.6. The molecule has 4 saturated carbocycles. The van der Waals surface area contributed by atoms with Gasteiger partial charge in [0.15, 0.2) is 5.60 Å². The van der Waals surface area contributed by atoms with Crippen molar-refractivity contribution in [2.45, 2.75) is 74.2 Å². The lowest BCUT2D eigenvalue weighted by Crippen LogP contribution is -2.76. The van der Waals surface area contributed by atoms with Gasteiger partial charge >= 0.3 is 0 Å². The Balaban J connectivity index is 1.18. The van der Waals surface area contributed by atoms with E-state index in [1.54, 1.807) is 24.5 Å². The molecule has 3 heterocycles. The Morgan fingerprint density at radius 2 is 1.67 bits per heavy atom. The molecule has 1 spiro atoms. The summed E-state index contributed by atoms with van der Waals surface area (Å²) in [7, 11) is 1.70. The van der Waals surface area contributed by atoms with Gasteiger partial charge in [-0.2, -0.15) is 4.89 Å². The minimum absolute atomic E-state index is 0.428. The molecule has 9 nitrogen and oxygen atoms in total. The summed E-state index contributed by atoms with van der Waals surface area (Å²) in [6.07, 6.45) is -0.624. The van der Waals surface area contributed by atoms with Crippen molar-refractivity contribution in [3.05, 3.63) is 29.1 Å². The first-order valence-electron chi connectivity index (χ1n) is 12.8. The van der Waals surface area contributed by atoms with Gasteiger partial charge in [0.2, 0.25) is 6.29 Å². The summed E-state index contributed by atoms with van der Waals surface area (Å²) in [4.78, 5) is 12.9. The smallest absolute Gasteiger partial charge is 0.269 e. The van der Waals surface area contributed by atoms with E-state index >= 15 is 0 Å². The molecule has 0 radical (unpaired) electrons. The zero-order chi connectivity index (χ0) is 24.8. The standard InChI is InChI=1S/C26H32O9S/c1-31-26(25(34-35-26)15-5-12-4-13(7-15)8-16(25)6-12)20-10-14-9-17(2-3-19(14)36-20)32-24-23(30)22(29)21(28)18(11-27)33-24/h2-3,9-10,12-13,15-16,18,21-24,27-30H,4-8,11H2,1H3/t12?,13?,15?,16?,18-,21?,22?,23?,24?,25?,26?/m0/s1. The molecule has 6 atom stereocenters. The number of benzene rings is 1. The second-order valence-electron chi connectivity index (χ2n) is 11.2. The largest absolute Gasteiger partial charge is 0.462 e. The van der Waals surface area contributed by atoms with Gasteiger partial charge in [-0.1, -0.05) is 0 Å². The number of fused-ring (bicyclic) bond motifs is 1. The van der Waals surface area contributed by atoms with Crippen LogP contribution in [0.1, 0.15) is 37.0 Å². The molecular formula is C26H32O9S. The fourth-order valence-corrected chi connectivity index (χ4v) is 9.06. The summed E-state index contributed by atoms with van der Waals surface area (Å²) in [6, 6.07) is 7.58. The molecule has 0 amide bonds. The third kappa shape index (κ3) is 3.11. The van der Waals surface area contributed by atoms with Crippen LogP contribution >= 0.6 is 11.3 Å². The topological polar surface area (TPSA) is 127 Å². The van der Waals surface area contributed by atoms with Gasteiger partial charge in [0.25, 0.3) is 5.79 Å². The van der Waals surface area contributed by atoms with Crippen molar-refractivity contribution < 1.29 is 44.4 Å². The van der Waals surface area contributed by atoms with E-state index in [1.807, 2.05) is 12.1 Å². The van der Waals surface area contributed by atoms with Gasteiger partial charge in [-0.25, -0.2) is 4.89 Å². The third-order valence-electron chi connectivity index (χ3n) is 9.36. The number of aliphatic hydroxyl groups excluding tert-OH is 4. The van der Waals surface area contributed by atoms with E-state index in [0.29, 0.717) is 17.6 Å². The van der Waals surface area contributed by atoms with E-state index in [1.165, 1.54) is 32.1 Å². The molecule has 2 aromatic rings. The van der Waals surface area contributed by atoms with Crippen LogP contribution in [0.2, 0.25) is 0 Å². The van der Waals surface area contributed by atoms with Crippen LogP contribution in [-0.2, 0) is 25.0 Å². The Hall–Kier alpha value is -1.34. The summed E-state index contributed by atoms with van der Waals surface area (Å²) in [5, 5.41) is 40.8. The molecule has 8 rings (SSSR count). The first-order valence-corrected chi connectivity index (χ1v) is 13.6. The molecular weight excluding hydrogens is 488 g/mol. The fourth-order valence-electron chi connectivity index (χ4n) is 7.86. The van der Waals surface area contributed by atoms with Crippen LogP contribution in [0.4, 0.5) is 0 Å². The van der Waals surface area contributed by atoms with Crippen molar-refractivity contribution in [2.75, 3.05) is 13.7 Å². The first kappa shape index (κ1) is 23.8. The normalized spacial score (nSPS) is 47.4. The van der Waals surface area contributed by atoms with Crippen LogP contribution in [0.25, 0.3) is 10.1 Å². The van der Waals surface area contributed by atoms with Crippen molar-refractivity contribution in [3.8, 4) is 5.75 Å². The summed E-state index contributed by atoms with van der Waals surface area (Å²) in [6.45, 7) is -0.510. The van der Waals surface area contributed by atoms with Crippen molar-refractivity contribution in [1.29, 1.82) is 0 Å². The number of hydrogen-bond acceptors (Lipinski definition) is 10. The second kappa shape index (κ2) is 8.33. The monoisotopic (exact) mass is 520 g/mol. The van der Waals surface area contributed by atoms with Crippen molar-refractivity contribution in [3.63, 3.8) is 0 Å². The van der Waals surface area contributed by atoms with Gasteiger partial charge in [0.1, 0.15) is 30.2 Å². The van der Waals surface area contributed by atoms with Gasteiger partial charge in [-0.15, -0.1) is 11.3 Å². The predicted molar refractivity (Wildman–Crippen MR) is 127 cm³/mol. The highest BCUT2D eigenvalue weighted by atomic mass is 32.1. The first-order chi connectivity index (χ1) is 17.4. The predicted octanol–water partition coefficient (Wildman–Crippen LogP) is 2.04. The van der Waals surface area contributed by atoms with Crippen molar-refractivity contribution in [2.24, 2.45) is 23.7 Å². The molecule has 6 fully saturated rings. The molecule has 4 N–H and O–H groups in total. The van der Waals surface area contributed by atoms with Gasteiger partial charge < -0.3 is 34.6 Å². The van der Waals surface area contributed by atoms with Crippen molar-refractivity contribution in [1.82, 2.24) is 0 Å². The molecule has 5 unspecified atom stereocenters. The summed E-state index contributed by atoms with van der Waals surface area (Å²) >= 11 is 1.61. The molecule has 36 heavy (non-hydrogen) atoms. The van der Waals surface area contributed by atoms with E-state index in [4.69, 9.17) is 24.0 Å². The number of methoxy groups -OCH3 is 1. The Morgan fingerprint density at radius 3 is 2.28 bits per heavy atom. The molecule has 6 aliphatic rings. The SMILES string of the molecule is COC1(c2cc3cc(OC4O[C@@H](CO)C(O)C(O)C4O)ccc3s2)OOC12C1CC3CC(C1)CC2C3. The number of aliphatic hydroxyl groups is 4. The van der Waals surface area contributed by atoms with E-state index in [2.05, 4.69) is 6.07 Å². The van der Waals surface area contributed by atoms with Crippen LogP contribution in [0.3, 0.4) is 0 Å². The van der Waals surface area contributed by atoms with Gasteiger partial charge in [-0.3, -0.25) is 0 Å². The summed E-state index contributed by atoms with van der Waals surface area (Å²) < 4.78 is 18.5. The Morgan fingerprint density at radius 1 is 0.944 bits per heavy atom. The highest BCUT2D eigenvalue weighted by Crippen LogP contribution is 2.70. The van der Waals surface area contributed by atoms with Crippen LogP contribution < -0.4 is 4.74 Å². The van der Waals surface area contributed by atoms with Crippen LogP contribution in [0.15, 0.2) is 24.3 Å². The van der Waals surface area contributed by atoms with E-state index in [0.717, 1.165) is 26.8 Å². The molecule has 4 aliphatic carbocycles. The second-order valence-corrected chi connectivity index (χ2v) is 12.3. The fraction of sp³-hybridized carbons (Fsp3) is 0.692. The average molecular weight is 521 g/mol. The quantitative estimate of drug-likeness (QED) is 0.438. The lowest BCUT2D eigenvalue weighted by molar-refractivity contribution is -0.644. The van der Waals surface area contributed by atoms with E-state index in [9.17, 15) is 20.4 Å². The van der Waals surface area contributed by atoms with Crippen LogP contribution in [0.5, 0.6) is 5.75 Å². The minimum atomic E-state index is -1.49. The van der Waals surface area contributed by atoms with Crippen molar-refractivity contribution >= 4 is 21.4 Å². The van der Waals surface area contributed by atoms with Gasteiger partial charge in [-0.05, 0) is 85.4 Å². The maximum Gasteiger partial charge on any atom is 0.269 e. The zero-order valence-electron chi connectivity index (χ0n) is 20.0. The molecule has 2 aliphatic heterocycles. The minimum Gasteiger partial charge on any atom is -0.462 e. The maximum atomic E-state index is 10.3. The number of ether oxygens (including phenoxy) is 3. The average Bonchev–Trinajstić information content (AvgIpc) is 3.27. The lowest BCUT2D eigenvalue weighted by atomic mass is 9.47. The number of rotatable bonds is 5. The summed E-state index contributed by atoms with van der Waals surface area (Å²) in [5.74, 6) is 1.94. The molecule has 4 bridgehead atoms. The highest BCUT2D eigenvalue weighted by Gasteiger charge is 2.77. The molecule has 1 aromatic heterocycles.